The second-order valence-corrected chi connectivity index (χ2v) is 8.47. The summed E-state index contributed by atoms with van der Waals surface area (Å²) in [6.45, 7) is 2.76. The number of aromatic amines is 1. The molecular weight excluding hydrogens is 493 g/mol. The van der Waals surface area contributed by atoms with E-state index < -0.39 is 23.1 Å². The van der Waals surface area contributed by atoms with Crippen molar-refractivity contribution in [2.24, 2.45) is 0 Å². The van der Waals surface area contributed by atoms with Crippen molar-refractivity contribution >= 4 is 56.0 Å². The van der Waals surface area contributed by atoms with Gasteiger partial charge in [-0.1, -0.05) is 17.7 Å². The van der Waals surface area contributed by atoms with Crippen LogP contribution in [0.2, 0.25) is 5.02 Å². The van der Waals surface area contributed by atoms with Crippen LogP contribution < -0.4 is 5.43 Å². The summed E-state index contributed by atoms with van der Waals surface area (Å²) >= 11 is 10.6. The number of fused-ring (bicyclic) bond motifs is 1. The second kappa shape index (κ2) is 8.12. The summed E-state index contributed by atoms with van der Waals surface area (Å²) in [5, 5.41) is 0.728. The molecule has 0 saturated heterocycles. The number of Topliss-reactive ketones (excluding diaryl/α,β-unsaturated/α-hetero) is 1. The number of nitrogens with one attached hydrogen (secondary N) is 1. The molecule has 2 heterocycles. The van der Waals surface area contributed by atoms with Gasteiger partial charge in [0.05, 0.1) is 26.5 Å². The highest BCUT2D eigenvalue weighted by Gasteiger charge is 2.32. The number of hydrogen-bond donors (Lipinski definition) is 1. The largest absolute Gasteiger partial charge is 0.433 e. The molecule has 0 radical (unpaired) electrons. The summed E-state index contributed by atoms with van der Waals surface area (Å²) in [6, 6.07) is 5.48. The Hall–Kier alpha value is -1.84. The molecule has 0 saturated carbocycles. The molecule has 1 aromatic carbocycles. The van der Waals surface area contributed by atoms with Gasteiger partial charge in [-0.15, -0.1) is 11.8 Å². The summed E-state index contributed by atoms with van der Waals surface area (Å²) in [4.78, 5) is 31.7. The zero-order valence-electron chi connectivity index (χ0n) is 15.1. The number of alkyl halides is 3. The van der Waals surface area contributed by atoms with Crippen LogP contribution >= 0.6 is 39.3 Å². The molecule has 0 aliphatic rings. The van der Waals surface area contributed by atoms with Crippen LogP contribution in [0.15, 0.2) is 38.6 Å². The van der Waals surface area contributed by atoms with E-state index in [1.807, 2.05) is 0 Å². The van der Waals surface area contributed by atoms with Crippen molar-refractivity contribution in [1.29, 1.82) is 0 Å². The van der Waals surface area contributed by atoms with Crippen molar-refractivity contribution in [3.63, 3.8) is 0 Å². The lowest BCUT2D eigenvalue weighted by Crippen LogP contribution is -2.17. The number of carbonyl (C=O) groups excluding carboxylic acids is 1. The van der Waals surface area contributed by atoms with Crippen molar-refractivity contribution in [2.45, 2.75) is 30.8 Å². The normalized spacial score (nSPS) is 11.8. The Morgan fingerprint density at radius 1 is 1.28 bits per heavy atom. The molecule has 4 nitrogen and oxygen atoms in total. The smallest absolute Gasteiger partial charge is 0.348 e. The van der Waals surface area contributed by atoms with Gasteiger partial charge in [-0.3, -0.25) is 9.59 Å². The van der Waals surface area contributed by atoms with Crippen LogP contribution in [-0.2, 0) is 11.9 Å². The van der Waals surface area contributed by atoms with Gasteiger partial charge in [0.2, 0.25) is 5.43 Å². The first-order chi connectivity index (χ1) is 13.5. The van der Waals surface area contributed by atoms with E-state index in [0.717, 1.165) is 17.8 Å². The Morgan fingerprint density at radius 3 is 2.55 bits per heavy atom. The van der Waals surface area contributed by atoms with Crippen LogP contribution in [0, 0.1) is 6.92 Å². The van der Waals surface area contributed by atoms with Gasteiger partial charge in [-0.05, 0) is 53.5 Å². The van der Waals surface area contributed by atoms with E-state index in [9.17, 15) is 22.8 Å². The highest BCUT2D eigenvalue weighted by Crippen LogP contribution is 2.33. The summed E-state index contributed by atoms with van der Waals surface area (Å²) in [5.41, 5.74) is -0.280. The first-order valence-corrected chi connectivity index (χ1v) is 10.4. The van der Waals surface area contributed by atoms with Gasteiger partial charge in [0.1, 0.15) is 5.69 Å². The SMILES string of the molecule is CC(=O)c1c(SCc2ccc(C(F)(F)F)nc2C)[nH]c2c(Br)ccc(Cl)c2c1=O. The van der Waals surface area contributed by atoms with Crippen LogP contribution in [0.3, 0.4) is 0 Å². The molecule has 10 heteroatoms. The maximum Gasteiger partial charge on any atom is 0.433 e. The number of aromatic nitrogens is 2. The first kappa shape index (κ1) is 21.9. The van der Waals surface area contributed by atoms with E-state index in [4.69, 9.17) is 11.6 Å². The van der Waals surface area contributed by atoms with E-state index in [1.54, 1.807) is 12.1 Å². The molecule has 0 unspecified atom stereocenters. The quantitative estimate of drug-likeness (QED) is 0.341. The predicted molar refractivity (Wildman–Crippen MR) is 111 cm³/mol. The number of halogens is 5. The minimum absolute atomic E-state index is 0.0416. The molecule has 0 bridgehead atoms. The Labute approximate surface area is 181 Å². The van der Waals surface area contributed by atoms with Gasteiger partial charge < -0.3 is 4.98 Å². The van der Waals surface area contributed by atoms with Crippen LogP contribution in [0.5, 0.6) is 0 Å². The lowest BCUT2D eigenvalue weighted by atomic mass is 10.1. The number of pyridine rings is 2. The first-order valence-electron chi connectivity index (χ1n) is 8.22. The third kappa shape index (κ3) is 4.36. The maximum atomic E-state index is 12.9. The summed E-state index contributed by atoms with van der Waals surface area (Å²) in [6.07, 6.45) is -4.52. The number of aryl methyl sites for hydroxylation is 1. The Bertz CT molecular complexity index is 1190. The molecule has 3 rings (SSSR count). The standard InChI is InChI=1S/C19H13BrClF3N2O2S/c1-8-10(3-6-13(25-8)19(22,23)24)7-29-18-14(9(2)27)17(28)15-12(21)5-4-11(20)16(15)26-18/h3-6H,7H2,1-2H3,(H,26,28). The number of thioether (sulfide) groups is 1. The van der Waals surface area contributed by atoms with Crippen molar-refractivity contribution in [1.82, 2.24) is 9.97 Å². The average molecular weight is 506 g/mol. The molecule has 3 aromatic rings. The molecular formula is C19H13BrClF3N2O2S. The zero-order chi connectivity index (χ0) is 21.5. The van der Waals surface area contributed by atoms with Crippen molar-refractivity contribution < 1.29 is 18.0 Å². The van der Waals surface area contributed by atoms with Crippen molar-refractivity contribution in [3.05, 3.63) is 66.5 Å². The molecule has 0 atom stereocenters. The Kier molecular flexibility index (Phi) is 6.12. The molecule has 0 spiro atoms. The van der Waals surface area contributed by atoms with Crippen LogP contribution in [0.4, 0.5) is 13.2 Å². The monoisotopic (exact) mass is 504 g/mol. The molecule has 2 aromatic heterocycles. The highest BCUT2D eigenvalue weighted by atomic mass is 79.9. The van der Waals surface area contributed by atoms with E-state index in [0.29, 0.717) is 20.6 Å². The predicted octanol–water partition coefficient (Wildman–Crippen LogP) is 6.16. The lowest BCUT2D eigenvalue weighted by Gasteiger charge is -2.13. The number of carbonyl (C=O) groups is 1. The Morgan fingerprint density at radius 2 is 1.97 bits per heavy atom. The minimum atomic E-state index is -4.52. The molecule has 0 fully saturated rings. The maximum absolute atomic E-state index is 12.9. The molecule has 0 aliphatic heterocycles. The van der Waals surface area contributed by atoms with Crippen molar-refractivity contribution in [3.8, 4) is 0 Å². The number of ketones is 1. The molecule has 29 heavy (non-hydrogen) atoms. The number of nitrogens with zero attached hydrogens (tertiary/aromatic N) is 1. The number of hydrogen-bond acceptors (Lipinski definition) is 4. The molecule has 152 valence electrons. The van der Waals surface area contributed by atoms with Gasteiger partial charge in [0.25, 0.3) is 0 Å². The van der Waals surface area contributed by atoms with Crippen LogP contribution in [0.25, 0.3) is 10.9 Å². The van der Waals surface area contributed by atoms with E-state index >= 15 is 0 Å². The molecule has 0 aliphatic carbocycles. The number of benzene rings is 1. The van der Waals surface area contributed by atoms with Gasteiger partial charge >= 0.3 is 6.18 Å². The van der Waals surface area contributed by atoms with Gasteiger partial charge in [0.15, 0.2) is 5.78 Å². The fourth-order valence-electron chi connectivity index (χ4n) is 2.78. The summed E-state index contributed by atoms with van der Waals surface area (Å²) in [5.74, 6) is -0.217. The van der Waals surface area contributed by atoms with Gasteiger partial charge in [-0.2, -0.15) is 13.2 Å². The topological polar surface area (TPSA) is 62.8 Å². The summed E-state index contributed by atoms with van der Waals surface area (Å²) in [7, 11) is 0. The van der Waals surface area contributed by atoms with E-state index in [-0.39, 0.29) is 27.4 Å². The minimum Gasteiger partial charge on any atom is -0.348 e. The third-order valence-electron chi connectivity index (χ3n) is 4.23. The van der Waals surface area contributed by atoms with Gasteiger partial charge in [-0.25, -0.2) is 4.98 Å². The third-order valence-corrected chi connectivity index (χ3v) is 6.26. The molecule has 0 amide bonds. The lowest BCUT2D eigenvalue weighted by molar-refractivity contribution is -0.141. The highest BCUT2D eigenvalue weighted by molar-refractivity contribution is 9.10. The van der Waals surface area contributed by atoms with E-state index in [1.165, 1.54) is 19.9 Å². The molecule has 1 N–H and O–H groups in total. The average Bonchev–Trinajstić information content (AvgIpc) is 2.62. The van der Waals surface area contributed by atoms with Crippen molar-refractivity contribution in [2.75, 3.05) is 0 Å². The fourth-order valence-corrected chi connectivity index (χ4v) is 4.61. The fraction of sp³-hybridized carbons (Fsp3) is 0.211. The Balaban J connectivity index is 2.05. The van der Waals surface area contributed by atoms with Gasteiger partial charge in [0, 0.05) is 15.9 Å². The summed E-state index contributed by atoms with van der Waals surface area (Å²) < 4.78 is 39.0. The van der Waals surface area contributed by atoms with E-state index in [2.05, 4.69) is 25.9 Å². The second-order valence-electron chi connectivity index (χ2n) is 6.22. The zero-order valence-corrected chi connectivity index (χ0v) is 18.2. The number of rotatable bonds is 4. The van der Waals surface area contributed by atoms with Crippen LogP contribution in [-0.4, -0.2) is 15.8 Å². The van der Waals surface area contributed by atoms with Crippen LogP contribution in [0.1, 0.15) is 34.2 Å². The number of H-pyrrole nitrogens is 1.